The van der Waals surface area contributed by atoms with Crippen LogP contribution in [-0.2, 0) is 13.1 Å². The van der Waals surface area contributed by atoms with E-state index in [9.17, 15) is 0 Å². The molecule has 0 radical (unpaired) electrons. The van der Waals surface area contributed by atoms with Crippen LogP contribution in [-0.4, -0.2) is 26.2 Å². The third-order valence-electron chi connectivity index (χ3n) is 3.39. The number of tetrazole rings is 1. The molecule has 2 aliphatic rings. The van der Waals surface area contributed by atoms with Crippen molar-refractivity contribution in [3.63, 3.8) is 0 Å². The van der Waals surface area contributed by atoms with Gasteiger partial charge in [0.15, 0.2) is 5.82 Å². The van der Waals surface area contributed by atoms with Gasteiger partial charge in [-0.15, -0.1) is 5.10 Å². The van der Waals surface area contributed by atoms with Crippen molar-refractivity contribution in [2.45, 2.75) is 51.2 Å². The molecule has 2 saturated carbocycles. The predicted molar refractivity (Wildman–Crippen MR) is 55.0 cm³/mol. The lowest BCUT2D eigenvalue weighted by molar-refractivity contribution is 0.260. The summed E-state index contributed by atoms with van der Waals surface area (Å²) in [5.74, 6) is 1.81. The van der Waals surface area contributed by atoms with Crippen LogP contribution in [0.25, 0.3) is 0 Å². The van der Waals surface area contributed by atoms with Crippen molar-refractivity contribution in [1.82, 2.24) is 25.5 Å². The summed E-state index contributed by atoms with van der Waals surface area (Å²) in [4.78, 5) is 0. The van der Waals surface area contributed by atoms with Gasteiger partial charge in [-0.2, -0.15) is 0 Å². The molecule has 0 spiro atoms. The Hall–Kier alpha value is -0.970. The number of nitrogens with zero attached hydrogens (tertiary/aromatic N) is 4. The molecule has 0 unspecified atom stereocenters. The summed E-state index contributed by atoms with van der Waals surface area (Å²) < 4.78 is 1.97. The van der Waals surface area contributed by atoms with Gasteiger partial charge in [0.1, 0.15) is 0 Å². The molecule has 1 N–H and O–H groups in total. The maximum Gasteiger partial charge on any atom is 0.165 e. The van der Waals surface area contributed by atoms with Crippen LogP contribution in [0.15, 0.2) is 0 Å². The summed E-state index contributed by atoms with van der Waals surface area (Å²) in [6.07, 6.45) is 6.68. The molecule has 0 amide bonds. The zero-order chi connectivity index (χ0) is 10.1. The minimum atomic E-state index is 0.721. The second kappa shape index (κ2) is 3.89. The summed E-state index contributed by atoms with van der Waals surface area (Å²) in [5, 5.41) is 15.3. The Labute approximate surface area is 89.2 Å². The number of nitrogens with one attached hydrogen (secondary N) is 1. The molecule has 5 heteroatoms. The molecule has 1 aromatic heterocycles. The van der Waals surface area contributed by atoms with Gasteiger partial charge in [-0.05, 0) is 42.0 Å². The average Bonchev–Trinajstić information content (AvgIpc) is 2.89. The normalized spacial score (nSPS) is 21.6. The second-order valence-electron chi connectivity index (χ2n) is 4.73. The fourth-order valence-electron chi connectivity index (χ4n) is 1.93. The van der Waals surface area contributed by atoms with Crippen LogP contribution in [0.2, 0.25) is 0 Å². The van der Waals surface area contributed by atoms with Crippen LogP contribution >= 0.6 is 0 Å². The van der Waals surface area contributed by atoms with Crippen molar-refractivity contribution in [1.29, 1.82) is 0 Å². The van der Waals surface area contributed by atoms with Crippen LogP contribution in [0, 0.1) is 5.92 Å². The minimum absolute atomic E-state index is 0.721. The van der Waals surface area contributed by atoms with Crippen molar-refractivity contribution in [2.24, 2.45) is 5.92 Å². The van der Waals surface area contributed by atoms with Gasteiger partial charge in [0.2, 0.25) is 0 Å². The third-order valence-corrected chi connectivity index (χ3v) is 3.39. The number of aromatic nitrogens is 4. The lowest BCUT2D eigenvalue weighted by Gasteiger charge is -2.25. The van der Waals surface area contributed by atoms with Crippen LogP contribution < -0.4 is 5.32 Å². The van der Waals surface area contributed by atoms with E-state index in [0.717, 1.165) is 30.9 Å². The van der Waals surface area contributed by atoms with Gasteiger partial charge in [0, 0.05) is 12.6 Å². The van der Waals surface area contributed by atoms with Gasteiger partial charge in [-0.1, -0.05) is 6.42 Å². The highest BCUT2D eigenvalue weighted by Gasteiger charge is 2.23. The molecule has 5 nitrogen and oxygen atoms in total. The summed E-state index contributed by atoms with van der Waals surface area (Å²) in [6, 6.07) is 0.721. The smallest absolute Gasteiger partial charge is 0.165 e. The zero-order valence-corrected chi connectivity index (χ0v) is 8.89. The summed E-state index contributed by atoms with van der Waals surface area (Å²) in [5.41, 5.74) is 0. The monoisotopic (exact) mass is 207 g/mol. The van der Waals surface area contributed by atoms with Crippen molar-refractivity contribution >= 4 is 0 Å². The van der Waals surface area contributed by atoms with E-state index >= 15 is 0 Å². The van der Waals surface area contributed by atoms with Crippen molar-refractivity contribution in [3.8, 4) is 0 Å². The van der Waals surface area contributed by atoms with Gasteiger partial charge >= 0.3 is 0 Å². The quantitative estimate of drug-likeness (QED) is 0.773. The average molecular weight is 207 g/mol. The number of rotatable bonds is 5. The lowest BCUT2D eigenvalue weighted by atomic mass is 9.85. The summed E-state index contributed by atoms with van der Waals surface area (Å²) >= 11 is 0. The van der Waals surface area contributed by atoms with E-state index in [1.807, 2.05) is 4.68 Å². The Morgan fingerprint density at radius 3 is 2.80 bits per heavy atom. The maximum absolute atomic E-state index is 4.07. The Kier molecular flexibility index (Phi) is 2.40. The Bertz CT molecular complexity index is 326. The molecule has 2 fully saturated rings. The van der Waals surface area contributed by atoms with E-state index in [0.29, 0.717) is 0 Å². The topological polar surface area (TPSA) is 55.6 Å². The van der Waals surface area contributed by atoms with E-state index in [4.69, 9.17) is 0 Å². The van der Waals surface area contributed by atoms with E-state index in [2.05, 4.69) is 20.8 Å². The first-order chi connectivity index (χ1) is 7.42. The Morgan fingerprint density at radius 1 is 1.27 bits per heavy atom. The molecular formula is C10H17N5. The molecule has 0 aliphatic heterocycles. The highest BCUT2D eigenvalue weighted by Crippen LogP contribution is 2.27. The van der Waals surface area contributed by atoms with Gasteiger partial charge in [0.05, 0.1) is 6.54 Å². The van der Waals surface area contributed by atoms with E-state index in [1.54, 1.807) is 0 Å². The molecule has 1 aromatic rings. The van der Waals surface area contributed by atoms with Gasteiger partial charge in [0.25, 0.3) is 0 Å². The number of hydrogen-bond donors (Lipinski definition) is 1. The molecular weight excluding hydrogens is 190 g/mol. The first-order valence-electron chi connectivity index (χ1n) is 5.90. The molecule has 2 aliphatic carbocycles. The fourth-order valence-corrected chi connectivity index (χ4v) is 1.93. The first kappa shape index (κ1) is 9.27. The van der Waals surface area contributed by atoms with Crippen LogP contribution in [0.1, 0.15) is 37.9 Å². The lowest BCUT2D eigenvalue weighted by Crippen LogP contribution is -2.23. The Morgan fingerprint density at radius 2 is 2.13 bits per heavy atom. The second-order valence-corrected chi connectivity index (χ2v) is 4.73. The van der Waals surface area contributed by atoms with Gasteiger partial charge in [-0.25, -0.2) is 4.68 Å². The number of hydrogen-bond acceptors (Lipinski definition) is 4. The predicted octanol–water partition coefficient (Wildman–Crippen LogP) is 0.725. The van der Waals surface area contributed by atoms with Crippen LogP contribution in [0.4, 0.5) is 0 Å². The minimum Gasteiger partial charge on any atom is -0.307 e. The highest BCUT2D eigenvalue weighted by atomic mass is 15.5. The third kappa shape index (κ3) is 2.17. The molecule has 0 saturated heterocycles. The van der Waals surface area contributed by atoms with E-state index in [1.165, 1.54) is 32.1 Å². The molecule has 0 atom stereocenters. The fraction of sp³-hybridized carbons (Fsp3) is 0.900. The first-order valence-corrected chi connectivity index (χ1v) is 5.90. The molecule has 0 aromatic carbocycles. The van der Waals surface area contributed by atoms with Crippen LogP contribution in [0.5, 0.6) is 0 Å². The van der Waals surface area contributed by atoms with Crippen molar-refractivity contribution in [3.05, 3.63) is 5.82 Å². The van der Waals surface area contributed by atoms with Crippen LogP contribution in [0.3, 0.4) is 0 Å². The molecule has 15 heavy (non-hydrogen) atoms. The van der Waals surface area contributed by atoms with Crippen molar-refractivity contribution in [2.75, 3.05) is 0 Å². The molecule has 3 rings (SSSR count). The largest absolute Gasteiger partial charge is 0.307 e. The van der Waals surface area contributed by atoms with E-state index < -0.39 is 0 Å². The zero-order valence-electron chi connectivity index (χ0n) is 8.89. The summed E-state index contributed by atoms with van der Waals surface area (Å²) in [6.45, 7) is 1.83. The molecule has 0 bridgehead atoms. The molecule has 1 heterocycles. The SMILES string of the molecule is C1CC(Cn2nnnc2CNC2CC2)C1. The van der Waals surface area contributed by atoms with E-state index in [-0.39, 0.29) is 0 Å². The van der Waals surface area contributed by atoms with Crippen molar-refractivity contribution < 1.29 is 0 Å². The highest BCUT2D eigenvalue weighted by molar-refractivity contribution is 4.87. The van der Waals surface area contributed by atoms with Gasteiger partial charge in [-0.3, -0.25) is 0 Å². The Balaban J connectivity index is 1.57. The van der Waals surface area contributed by atoms with Gasteiger partial charge < -0.3 is 5.32 Å². The standard InChI is InChI=1S/C10H17N5/c1-2-8(3-1)7-15-10(12-13-14-15)6-11-9-4-5-9/h8-9,11H,1-7H2. The summed E-state index contributed by atoms with van der Waals surface area (Å²) in [7, 11) is 0. The molecule has 82 valence electrons. The maximum atomic E-state index is 4.07.